The van der Waals surface area contributed by atoms with Gasteiger partial charge in [-0.05, 0) is 51.4 Å². The van der Waals surface area contributed by atoms with Crippen molar-refractivity contribution in [3.05, 3.63) is 36.5 Å². The minimum atomic E-state index is -1.57. The van der Waals surface area contributed by atoms with E-state index in [1.54, 1.807) is 6.08 Å². The minimum absolute atomic E-state index is 0.172. The fourth-order valence-electron chi connectivity index (χ4n) is 10.0. The Morgan fingerprint density at radius 3 is 1.19 bits per heavy atom. The van der Waals surface area contributed by atoms with Gasteiger partial charge in [0.15, 0.2) is 6.29 Å². The second kappa shape index (κ2) is 52.8. The van der Waals surface area contributed by atoms with Crippen molar-refractivity contribution >= 4 is 5.91 Å². The lowest BCUT2D eigenvalue weighted by Crippen LogP contribution is -2.60. The lowest BCUT2D eigenvalue weighted by Gasteiger charge is -2.40. The van der Waals surface area contributed by atoms with E-state index in [1.165, 1.54) is 238 Å². The Morgan fingerprint density at radius 1 is 0.472 bits per heavy atom. The average molecular weight is 1020 g/mol. The third-order valence-electron chi connectivity index (χ3n) is 15.0. The van der Waals surface area contributed by atoms with Crippen LogP contribution in [0.15, 0.2) is 36.5 Å². The molecule has 9 nitrogen and oxygen atoms in total. The van der Waals surface area contributed by atoms with E-state index in [-0.39, 0.29) is 12.5 Å². The SMILES string of the molecule is CCCCCCC/C=C\C/C=C\CCCCCCCCCCCCCCCCCCCCCC(=O)NC(COC1OC(CO)C(O)C(O)C1O)C(O)/C=C/CCCCCCCCCCCCCCCCCC. The maximum Gasteiger partial charge on any atom is 0.220 e. The van der Waals surface area contributed by atoms with E-state index in [0.717, 1.165) is 44.9 Å². The zero-order chi connectivity index (χ0) is 52.2. The highest BCUT2D eigenvalue weighted by Gasteiger charge is 2.44. The van der Waals surface area contributed by atoms with Crippen molar-refractivity contribution in [1.29, 1.82) is 0 Å². The third kappa shape index (κ3) is 41.6. The van der Waals surface area contributed by atoms with Gasteiger partial charge in [-0.15, -0.1) is 0 Å². The van der Waals surface area contributed by atoms with E-state index in [0.29, 0.717) is 6.42 Å². The van der Waals surface area contributed by atoms with Crippen molar-refractivity contribution in [3.8, 4) is 0 Å². The van der Waals surface area contributed by atoms with Crippen LogP contribution in [0.1, 0.15) is 303 Å². The zero-order valence-electron chi connectivity index (χ0n) is 47.2. The number of carbonyl (C=O) groups is 1. The standard InChI is InChI=1S/C63H119NO8/c1-3-5-7-9-11-13-15-17-19-21-23-24-25-26-27-28-29-30-31-32-33-34-35-37-39-41-43-45-47-49-51-53-59(67)64-56(55-71-63-62(70)61(69)60(68)58(54-65)72-63)57(66)52-50-48-46-44-42-40-38-36-22-20-18-16-14-12-10-8-6-4-2/h15,17,21,23,50,52,56-58,60-63,65-66,68-70H,3-14,16,18-20,22,24-49,51,53-55H2,1-2H3,(H,64,67)/b17-15-,23-21-,52-50+. The highest BCUT2D eigenvalue weighted by molar-refractivity contribution is 5.76. The molecule has 72 heavy (non-hydrogen) atoms. The number of rotatable bonds is 54. The van der Waals surface area contributed by atoms with Crippen LogP contribution >= 0.6 is 0 Å². The van der Waals surface area contributed by atoms with Gasteiger partial charge in [-0.25, -0.2) is 0 Å². The number of aliphatic hydroxyl groups is 5. The van der Waals surface area contributed by atoms with Crippen molar-refractivity contribution < 1.29 is 39.8 Å². The van der Waals surface area contributed by atoms with Gasteiger partial charge in [-0.1, -0.05) is 281 Å². The number of ether oxygens (including phenoxy) is 2. The minimum Gasteiger partial charge on any atom is -0.394 e. The molecule has 9 heteroatoms. The number of hydrogen-bond donors (Lipinski definition) is 6. The first-order valence-corrected chi connectivity index (χ1v) is 31.2. The van der Waals surface area contributed by atoms with Crippen LogP contribution in [0, 0.1) is 0 Å². The van der Waals surface area contributed by atoms with Crippen LogP contribution in [0.4, 0.5) is 0 Å². The van der Waals surface area contributed by atoms with Gasteiger partial charge in [0.25, 0.3) is 0 Å². The smallest absolute Gasteiger partial charge is 0.220 e. The molecule has 0 saturated carbocycles. The molecular weight excluding hydrogens is 899 g/mol. The Labute approximate surface area is 444 Å². The summed E-state index contributed by atoms with van der Waals surface area (Å²) in [6.45, 7) is 3.80. The molecule has 0 aliphatic carbocycles. The van der Waals surface area contributed by atoms with Crippen LogP contribution in [0.25, 0.3) is 0 Å². The molecule has 1 rings (SSSR count). The molecule has 0 aromatic heterocycles. The molecule has 1 fully saturated rings. The molecule has 424 valence electrons. The Kier molecular flexibility index (Phi) is 50.2. The van der Waals surface area contributed by atoms with E-state index < -0.39 is 49.5 Å². The molecule has 6 N–H and O–H groups in total. The molecule has 7 unspecified atom stereocenters. The van der Waals surface area contributed by atoms with Gasteiger partial charge in [0.2, 0.25) is 5.91 Å². The van der Waals surface area contributed by atoms with Crippen LogP contribution in [0.3, 0.4) is 0 Å². The highest BCUT2D eigenvalue weighted by Crippen LogP contribution is 2.23. The lowest BCUT2D eigenvalue weighted by atomic mass is 9.99. The first-order chi connectivity index (χ1) is 35.3. The lowest BCUT2D eigenvalue weighted by molar-refractivity contribution is -0.302. The molecule has 0 aromatic rings. The van der Waals surface area contributed by atoms with Crippen LogP contribution in [-0.2, 0) is 14.3 Å². The number of unbranched alkanes of at least 4 members (excludes halogenated alkanes) is 40. The van der Waals surface area contributed by atoms with E-state index in [1.807, 2.05) is 6.08 Å². The summed E-state index contributed by atoms with van der Waals surface area (Å²) in [4.78, 5) is 13.1. The Hall–Kier alpha value is -1.59. The molecular formula is C63H119NO8. The molecule has 0 spiro atoms. The predicted octanol–water partition coefficient (Wildman–Crippen LogP) is 15.9. The maximum atomic E-state index is 13.1. The summed E-state index contributed by atoms with van der Waals surface area (Å²) in [5, 5.41) is 54.6. The second-order valence-corrected chi connectivity index (χ2v) is 21.9. The molecule has 0 bridgehead atoms. The molecule has 1 heterocycles. The van der Waals surface area contributed by atoms with Crippen LogP contribution in [0.5, 0.6) is 0 Å². The monoisotopic (exact) mass is 1020 g/mol. The van der Waals surface area contributed by atoms with Gasteiger partial charge in [0, 0.05) is 6.42 Å². The van der Waals surface area contributed by atoms with Gasteiger partial charge < -0.3 is 40.3 Å². The fourth-order valence-corrected chi connectivity index (χ4v) is 10.0. The van der Waals surface area contributed by atoms with Crippen molar-refractivity contribution in [1.82, 2.24) is 5.32 Å². The van der Waals surface area contributed by atoms with Crippen molar-refractivity contribution in [2.45, 2.75) is 346 Å². The first kappa shape index (κ1) is 68.4. The van der Waals surface area contributed by atoms with Crippen LogP contribution < -0.4 is 5.32 Å². The Morgan fingerprint density at radius 2 is 0.819 bits per heavy atom. The fraction of sp³-hybridized carbons (Fsp3) is 0.889. The summed E-state index contributed by atoms with van der Waals surface area (Å²) < 4.78 is 11.3. The Bertz CT molecular complexity index is 1230. The van der Waals surface area contributed by atoms with E-state index >= 15 is 0 Å². The zero-order valence-corrected chi connectivity index (χ0v) is 47.2. The number of carbonyl (C=O) groups excluding carboxylic acids is 1. The molecule has 0 radical (unpaired) electrons. The van der Waals surface area contributed by atoms with Crippen LogP contribution in [0.2, 0.25) is 0 Å². The summed E-state index contributed by atoms with van der Waals surface area (Å²) in [6, 6.07) is -0.803. The molecule has 7 atom stereocenters. The van der Waals surface area contributed by atoms with Gasteiger partial charge in [0.1, 0.15) is 24.4 Å². The molecule has 1 amide bonds. The molecule has 1 aliphatic rings. The molecule has 1 saturated heterocycles. The number of nitrogens with one attached hydrogen (secondary N) is 1. The number of hydrogen-bond acceptors (Lipinski definition) is 8. The predicted molar refractivity (Wildman–Crippen MR) is 304 cm³/mol. The number of aliphatic hydroxyl groups excluding tert-OH is 5. The number of allylic oxidation sites excluding steroid dienone is 5. The Balaban J connectivity index is 2.14. The topological polar surface area (TPSA) is 149 Å². The van der Waals surface area contributed by atoms with Crippen molar-refractivity contribution in [2.24, 2.45) is 0 Å². The summed E-state index contributed by atoms with van der Waals surface area (Å²) >= 11 is 0. The highest BCUT2D eigenvalue weighted by atomic mass is 16.7. The molecule has 1 aliphatic heterocycles. The average Bonchev–Trinajstić information content (AvgIpc) is 3.38. The largest absolute Gasteiger partial charge is 0.394 e. The summed E-state index contributed by atoms with van der Waals surface area (Å²) in [6.07, 6.45) is 62.2. The van der Waals surface area contributed by atoms with Gasteiger partial charge in [0.05, 0.1) is 25.4 Å². The van der Waals surface area contributed by atoms with Gasteiger partial charge in [-0.2, -0.15) is 0 Å². The van der Waals surface area contributed by atoms with Crippen molar-refractivity contribution in [3.63, 3.8) is 0 Å². The third-order valence-corrected chi connectivity index (χ3v) is 15.0. The quantitative estimate of drug-likeness (QED) is 0.0261. The first-order valence-electron chi connectivity index (χ1n) is 31.2. The summed E-state index contributed by atoms with van der Waals surface area (Å²) in [7, 11) is 0. The normalized spacial score (nSPS) is 19.3. The van der Waals surface area contributed by atoms with Crippen LogP contribution in [-0.4, -0.2) is 87.5 Å². The van der Waals surface area contributed by atoms with E-state index in [9.17, 15) is 30.3 Å². The maximum absolute atomic E-state index is 13.1. The van der Waals surface area contributed by atoms with E-state index in [2.05, 4.69) is 43.5 Å². The number of amides is 1. The summed E-state index contributed by atoms with van der Waals surface area (Å²) in [5.41, 5.74) is 0. The van der Waals surface area contributed by atoms with Gasteiger partial charge >= 0.3 is 0 Å². The summed E-state index contributed by atoms with van der Waals surface area (Å²) in [5.74, 6) is -0.172. The van der Waals surface area contributed by atoms with E-state index in [4.69, 9.17) is 9.47 Å². The molecule has 0 aromatic carbocycles. The second-order valence-electron chi connectivity index (χ2n) is 21.9. The van der Waals surface area contributed by atoms with Gasteiger partial charge in [-0.3, -0.25) is 4.79 Å². The van der Waals surface area contributed by atoms with Crippen molar-refractivity contribution in [2.75, 3.05) is 13.2 Å².